The number of rotatable bonds is 4. The number of amides is 1. The normalized spacial score (nSPS) is 21.8. The minimum absolute atomic E-state index is 0. The Labute approximate surface area is 166 Å². The van der Waals surface area contributed by atoms with Crippen LogP contribution in [0, 0.1) is 0 Å². The number of hydrogen-bond donors (Lipinski definition) is 2. The number of nitrogens with zero attached hydrogens (tertiary/aromatic N) is 2. The average Bonchev–Trinajstić information content (AvgIpc) is 2.59. The van der Waals surface area contributed by atoms with Gasteiger partial charge in [-0.2, -0.15) is 11.8 Å². The minimum Gasteiger partial charge on any atom is -0.381 e. The highest BCUT2D eigenvalue weighted by Gasteiger charge is 2.32. The molecule has 0 bridgehead atoms. The van der Waals surface area contributed by atoms with E-state index in [1.165, 1.54) is 0 Å². The molecule has 0 radical (unpaired) electrons. The predicted molar refractivity (Wildman–Crippen MR) is 111 cm³/mol. The first-order valence-corrected chi connectivity index (χ1v) is 9.66. The lowest BCUT2D eigenvalue weighted by Crippen LogP contribution is -2.52. The van der Waals surface area contributed by atoms with Crippen molar-refractivity contribution >= 4 is 47.6 Å². The van der Waals surface area contributed by atoms with Crippen molar-refractivity contribution < 1.29 is 9.53 Å². The number of hydrogen-bond acceptors (Lipinski definition) is 4. The smallest absolute Gasteiger partial charge is 0.219 e. The molecule has 0 aromatic rings. The third-order valence-corrected chi connectivity index (χ3v) is 6.34. The fourth-order valence-electron chi connectivity index (χ4n) is 3.17. The predicted octanol–water partition coefficient (Wildman–Crippen LogP) is 1.69. The van der Waals surface area contributed by atoms with E-state index in [-0.39, 0.29) is 34.6 Å². The van der Waals surface area contributed by atoms with Crippen molar-refractivity contribution in [1.82, 2.24) is 15.5 Å². The summed E-state index contributed by atoms with van der Waals surface area (Å²) in [5.41, 5.74) is 0. The van der Waals surface area contributed by atoms with E-state index in [4.69, 9.17) is 4.74 Å². The number of carbonyl (C=O) groups excluding carboxylic acids is 1. The number of thioether (sulfide) groups is 1. The summed E-state index contributed by atoms with van der Waals surface area (Å²) in [6.07, 6.45) is 6.29. The summed E-state index contributed by atoms with van der Waals surface area (Å²) in [4.78, 5) is 17.7. The molecule has 0 saturated carbocycles. The van der Waals surface area contributed by atoms with Gasteiger partial charge in [-0.3, -0.25) is 9.79 Å². The van der Waals surface area contributed by atoms with Crippen LogP contribution < -0.4 is 10.6 Å². The first-order valence-electron chi connectivity index (χ1n) is 8.44. The van der Waals surface area contributed by atoms with E-state index in [1.807, 2.05) is 23.7 Å². The molecule has 6 nitrogen and oxygen atoms in total. The van der Waals surface area contributed by atoms with Gasteiger partial charge in [0.05, 0.1) is 0 Å². The topological polar surface area (TPSA) is 66.0 Å². The van der Waals surface area contributed by atoms with Gasteiger partial charge in [-0.25, -0.2) is 0 Å². The van der Waals surface area contributed by atoms with E-state index in [9.17, 15) is 4.79 Å². The van der Waals surface area contributed by atoms with E-state index < -0.39 is 0 Å². The molecular formula is C16H31IN4O2S. The summed E-state index contributed by atoms with van der Waals surface area (Å²) in [6, 6.07) is 0.386. The highest BCUT2D eigenvalue weighted by atomic mass is 127. The zero-order valence-electron chi connectivity index (χ0n) is 15.0. The van der Waals surface area contributed by atoms with Crippen LogP contribution in [0.1, 0.15) is 32.6 Å². The van der Waals surface area contributed by atoms with Crippen molar-refractivity contribution in [1.29, 1.82) is 0 Å². The van der Waals surface area contributed by atoms with Crippen LogP contribution in [-0.4, -0.2) is 73.7 Å². The maximum atomic E-state index is 11.4. The van der Waals surface area contributed by atoms with Crippen LogP contribution in [0.25, 0.3) is 0 Å². The summed E-state index contributed by atoms with van der Waals surface area (Å²) < 4.78 is 5.74. The molecule has 2 fully saturated rings. The van der Waals surface area contributed by atoms with E-state index in [0.717, 1.165) is 64.5 Å². The molecule has 24 heavy (non-hydrogen) atoms. The SMILES string of the molecule is CN=C(NCC1(SC)CCOCC1)NC1CCN(C(C)=O)CC1.I. The van der Waals surface area contributed by atoms with Crippen molar-refractivity contribution in [3.05, 3.63) is 0 Å². The average molecular weight is 470 g/mol. The van der Waals surface area contributed by atoms with E-state index in [2.05, 4.69) is 21.9 Å². The Hall–Kier alpha value is -0.220. The number of aliphatic imine (C=N–C) groups is 1. The molecule has 0 unspecified atom stereocenters. The lowest BCUT2D eigenvalue weighted by Gasteiger charge is -2.37. The molecule has 8 heteroatoms. The number of ether oxygens (including phenoxy) is 1. The summed E-state index contributed by atoms with van der Waals surface area (Å²) in [7, 11) is 1.82. The Morgan fingerprint density at radius 3 is 2.46 bits per heavy atom. The fourth-order valence-corrected chi connectivity index (χ4v) is 3.96. The van der Waals surface area contributed by atoms with Crippen LogP contribution in [-0.2, 0) is 9.53 Å². The first kappa shape index (κ1) is 21.8. The van der Waals surface area contributed by atoms with Crippen molar-refractivity contribution in [3.8, 4) is 0 Å². The minimum atomic E-state index is 0. The van der Waals surface area contributed by atoms with Crippen LogP contribution in [0.5, 0.6) is 0 Å². The van der Waals surface area contributed by atoms with Crippen LogP contribution in [0.3, 0.4) is 0 Å². The molecule has 2 N–H and O–H groups in total. The van der Waals surface area contributed by atoms with Crippen LogP contribution in [0.4, 0.5) is 0 Å². The van der Waals surface area contributed by atoms with Gasteiger partial charge >= 0.3 is 0 Å². The summed E-state index contributed by atoms with van der Waals surface area (Å²) in [5.74, 6) is 1.04. The monoisotopic (exact) mass is 470 g/mol. The van der Waals surface area contributed by atoms with Crippen molar-refractivity contribution in [2.45, 2.75) is 43.4 Å². The quantitative estimate of drug-likeness (QED) is 0.372. The lowest BCUT2D eigenvalue weighted by atomic mass is 9.99. The van der Waals surface area contributed by atoms with Crippen molar-refractivity contribution in [2.75, 3.05) is 46.2 Å². The molecular weight excluding hydrogens is 439 g/mol. The summed E-state index contributed by atoms with van der Waals surface area (Å²) in [5, 5.41) is 7.00. The third kappa shape index (κ3) is 6.25. The first-order chi connectivity index (χ1) is 11.1. The molecule has 140 valence electrons. The molecule has 0 spiro atoms. The third-order valence-electron chi connectivity index (χ3n) is 4.92. The molecule has 0 aromatic heterocycles. The van der Waals surface area contributed by atoms with Gasteiger partial charge in [0, 0.05) is 57.6 Å². The Balaban J connectivity index is 0.00000288. The number of halogens is 1. The molecule has 1 amide bonds. The molecule has 0 aliphatic carbocycles. The standard InChI is InChI=1S/C16H30N4O2S.HI/c1-13(21)20-8-4-14(5-9-20)19-15(17-2)18-12-16(23-3)6-10-22-11-7-16;/h14H,4-12H2,1-3H3,(H2,17,18,19);1H. The highest BCUT2D eigenvalue weighted by molar-refractivity contribution is 14.0. The lowest BCUT2D eigenvalue weighted by molar-refractivity contribution is -0.129. The number of guanidine groups is 1. The van der Waals surface area contributed by atoms with Gasteiger partial charge in [0.25, 0.3) is 0 Å². The Morgan fingerprint density at radius 1 is 1.33 bits per heavy atom. The molecule has 2 rings (SSSR count). The molecule has 2 heterocycles. The van der Waals surface area contributed by atoms with Gasteiger partial charge in [-0.15, -0.1) is 24.0 Å². The largest absolute Gasteiger partial charge is 0.381 e. The maximum absolute atomic E-state index is 11.4. The zero-order chi connectivity index (χ0) is 16.7. The molecule has 0 atom stereocenters. The van der Waals surface area contributed by atoms with E-state index >= 15 is 0 Å². The molecule has 2 aliphatic rings. The van der Waals surface area contributed by atoms with E-state index in [1.54, 1.807) is 6.92 Å². The Bertz CT molecular complexity index is 422. The second-order valence-electron chi connectivity index (χ2n) is 6.35. The zero-order valence-corrected chi connectivity index (χ0v) is 18.1. The van der Waals surface area contributed by atoms with E-state index in [0.29, 0.717) is 6.04 Å². The number of piperidine rings is 1. The van der Waals surface area contributed by atoms with Crippen molar-refractivity contribution in [2.24, 2.45) is 4.99 Å². The van der Waals surface area contributed by atoms with Crippen LogP contribution in [0.15, 0.2) is 4.99 Å². The number of likely N-dealkylation sites (tertiary alicyclic amines) is 1. The Kier molecular flexibility index (Phi) is 9.73. The maximum Gasteiger partial charge on any atom is 0.219 e. The highest BCUT2D eigenvalue weighted by Crippen LogP contribution is 2.32. The summed E-state index contributed by atoms with van der Waals surface area (Å²) >= 11 is 1.93. The van der Waals surface area contributed by atoms with Crippen LogP contribution >= 0.6 is 35.7 Å². The Morgan fingerprint density at radius 2 is 1.96 bits per heavy atom. The number of carbonyl (C=O) groups is 1. The van der Waals surface area contributed by atoms with Gasteiger partial charge < -0.3 is 20.3 Å². The van der Waals surface area contributed by atoms with Gasteiger partial charge in [0.2, 0.25) is 5.91 Å². The van der Waals surface area contributed by atoms with Crippen LogP contribution in [0.2, 0.25) is 0 Å². The fraction of sp³-hybridized carbons (Fsp3) is 0.875. The van der Waals surface area contributed by atoms with Gasteiger partial charge in [-0.05, 0) is 31.9 Å². The molecule has 2 aliphatic heterocycles. The van der Waals surface area contributed by atoms with Gasteiger partial charge in [0.15, 0.2) is 5.96 Å². The molecule has 2 saturated heterocycles. The van der Waals surface area contributed by atoms with Gasteiger partial charge in [-0.1, -0.05) is 0 Å². The summed E-state index contributed by atoms with van der Waals surface area (Å²) in [6.45, 7) is 5.90. The van der Waals surface area contributed by atoms with Crippen molar-refractivity contribution in [3.63, 3.8) is 0 Å². The number of nitrogens with one attached hydrogen (secondary N) is 2. The molecule has 0 aromatic carbocycles. The van der Waals surface area contributed by atoms with Gasteiger partial charge in [0.1, 0.15) is 0 Å². The second-order valence-corrected chi connectivity index (χ2v) is 7.62. The second kappa shape index (κ2) is 10.7.